The molecule has 1 heteroatoms. The van der Waals surface area contributed by atoms with E-state index in [0.29, 0.717) is 0 Å². The minimum Gasteiger partial charge on any atom is -0.113 e. The molecule has 0 radical (unpaired) electrons. The van der Waals surface area contributed by atoms with Gasteiger partial charge in [-0.3, -0.25) is 0 Å². The SMILES string of the molecule is CC=CC=C=P(c1ccccc1)(c1ccccc1)c1ccccc1. The highest BCUT2D eigenvalue weighted by atomic mass is 31.2. The fraction of sp³-hybridized carbons (Fsp3) is 0.0435. The summed E-state index contributed by atoms with van der Waals surface area (Å²) >= 11 is 0. The zero-order chi connectivity index (χ0) is 16.7. The van der Waals surface area contributed by atoms with Crippen LogP contribution in [-0.4, -0.2) is 5.45 Å². The number of rotatable bonds is 4. The Morgan fingerprint density at radius 2 is 1.00 bits per heavy atom. The molecule has 0 saturated carbocycles. The van der Waals surface area contributed by atoms with Crippen LogP contribution in [-0.2, 0) is 0 Å². The molecule has 0 amide bonds. The van der Waals surface area contributed by atoms with Crippen molar-refractivity contribution in [2.24, 2.45) is 0 Å². The summed E-state index contributed by atoms with van der Waals surface area (Å²) in [6, 6.07) is 32.3. The minimum absolute atomic E-state index is 1.32. The lowest BCUT2D eigenvalue weighted by molar-refractivity contribution is 1.73. The normalized spacial score (nSPS) is 11.2. The Morgan fingerprint density at radius 3 is 1.33 bits per heavy atom. The molecule has 0 aromatic heterocycles. The minimum atomic E-state index is -1.94. The second-order valence-corrected chi connectivity index (χ2v) is 8.65. The van der Waals surface area contributed by atoms with Gasteiger partial charge in [0.25, 0.3) is 0 Å². The topological polar surface area (TPSA) is 0 Å². The smallest absolute Gasteiger partial charge is 0.0169 e. The zero-order valence-electron chi connectivity index (χ0n) is 13.8. The summed E-state index contributed by atoms with van der Waals surface area (Å²) < 4.78 is 0. The third kappa shape index (κ3) is 3.22. The molecule has 0 aliphatic heterocycles. The summed E-state index contributed by atoms with van der Waals surface area (Å²) in [6.45, 7) is 0.0938. The molecule has 0 atom stereocenters. The van der Waals surface area contributed by atoms with Crippen molar-refractivity contribution in [3.63, 3.8) is 0 Å². The highest BCUT2D eigenvalue weighted by molar-refractivity contribution is 7.94. The quantitative estimate of drug-likeness (QED) is 0.488. The molecule has 0 aliphatic rings. The van der Waals surface area contributed by atoms with Crippen LogP contribution in [0.15, 0.2) is 109 Å². The van der Waals surface area contributed by atoms with Crippen molar-refractivity contribution in [1.82, 2.24) is 0 Å². The van der Waals surface area contributed by atoms with Crippen molar-refractivity contribution < 1.29 is 0 Å². The zero-order valence-corrected chi connectivity index (χ0v) is 14.7. The van der Waals surface area contributed by atoms with Crippen LogP contribution in [0.2, 0.25) is 0 Å². The van der Waals surface area contributed by atoms with E-state index >= 15 is 0 Å². The van der Waals surface area contributed by atoms with Gasteiger partial charge in [0.15, 0.2) is 0 Å². The van der Waals surface area contributed by atoms with Crippen LogP contribution in [0.5, 0.6) is 0 Å². The van der Waals surface area contributed by atoms with Crippen molar-refractivity contribution in [1.29, 1.82) is 0 Å². The summed E-state index contributed by atoms with van der Waals surface area (Å²) in [6.07, 6.45) is 6.17. The second-order valence-electron chi connectivity index (χ2n) is 5.50. The average Bonchev–Trinajstić information content (AvgIpc) is 2.68. The first-order valence-corrected chi connectivity index (χ1v) is 9.95. The van der Waals surface area contributed by atoms with E-state index < -0.39 is 6.89 Å². The van der Waals surface area contributed by atoms with Gasteiger partial charge in [-0.15, -0.1) is 5.45 Å². The van der Waals surface area contributed by atoms with E-state index in [0.717, 1.165) is 0 Å². The van der Waals surface area contributed by atoms with E-state index in [2.05, 4.69) is 109 Å². The van der Waals surface area contributed by atoms with Gasteiger partial charge in [0.1, 0.15) is 0 Å². The Kier molecular flexibility index (Phi) is 5.34. The van der Waals surface area contributed by atoms with Gasteiger partial charge in [-0.1, -0.05) is 103 Å². The van der Waals surface area contributed by atoms with Crippen molar-refractivity contribution in [3.05, 3.63) is 109 Å². The maximum absolute atomic E-state index is 3.78. The van der Waals surface area contributed by atoms with E-state index in [4.69, 9.17) is 0 Å². The van der Waals surface area contributed by atoms with Crippen LogP contribution >= 0.6 is 6.89 Å². The number of allylic oxidation sites excluding steroid dienone is 3. The molecule has 0 saturated heterocycles. The average molecular weight is 328 g/mol. The summed E-state index contributed by atoms with van der Waals surface area (Å²) in [5.41, 5.74) is 3.78. The third-order valence-corrected chi connectivity index (χ3v) is 7.74. The molecular formula is C23H21P. The summed E-state index contributed by atoms with van der Waals surface area (Å²) in [7, 11) is 0. The van der Waals surface area contributed by atoms with Gasteiger partial charge in [-0.25, -0.2) is 0 Å². The van der Waals surface area contributed by atoms with Crippen molar-refractivity contribution in [2.75, 3.05) is 0 Å². The van der Waals surface area contributed by atoms with Gasteiger partial charge in [-0.2, -0.15) is 0 Å². The molecule has 3 aromatic rings. The highest BCUT2D eigenvalue weighted by Gasteiger charge is 2.23. The lowest BCUT2D eigenvalue weighted by Crippen LogP contribution is -2.25. The van der Waals surface area contributed by atoms with Crippen LogP contribution in [0, 0.1) is 0 Å². The fourth-order valence-corrected chi connectivity index (χ4v) is 6.39. The van der Waals surface area contributed by atoms with Crippen molar-refractivity contribution in [3.8, 4) is 0 Å². The van der Waals surface area contributed by atoms with Gasteiger partial charge < -0.3 is 0 Å². The number of hydrogen-bond donors (Lipinski definition) is 0. The maximum Gasteiger partial charge on any atom is 0.0169 e. The molecule has 0 fully saturated rings. The van der Waals surface area contributed by atoms with Gasteiger partial charge in [0.05, 0.1) is 0 Å². The van der Waals surface area contributed by atoms with Crippen LogP contribution < -0.4 is 15.9 Å². The summed E-state index contributed by atoms with van der Waals surface area (Å²) in [4.78, 5) is 0. The lowest BCUT2D eigenvalue weighted by atomic mass is 10.4. The Hall–Kier alpha value is -2.52. The Morgan fingerprint density at radius 1 is 0.625 bits per heavy atom. The molecule has 0 nitrogen and oxygen atoms in total. The molecular weight excluding hydrogens is 307 g/mol. The van der Waals surface area contributed by atoms with E-state index in [-0.39, 0.29) is 0 Å². The second kappa shape index (κ2) is 7.84. The largest absolute Gasteiger partial charge is 0.113 e. The summed E-state index contributed by atoms with van der Waals surface area (Å²) in [5, 5.41) is 3.97. The molecule has 0 N–H and O–H groups in total. The first-order chi connectivity index (χ1) is 11.9. The van der Waals surface area contributed by atoms with Gasteiger partial charge >= 0.3 is 0 Å². The van der Waals surface area contributed by atoms with E-state index in [1.807, 2.05) is 13.0 Å². The summed E-state index contributed by atoms with van der Waals surface area (Å²) in [5.74, 6) is 0. The van der Waals surface area contributed by atoms with Crippen molar-refractivity contribution in [2.45, 2.75) is 6.92 Å². The monoisotopic (exact) mass is 328 g/mol. The number of hydrogen-bond acceptors (Lipinski definition) is 0. The number of benzene rings is 3. The molecule has 0 unspecified atom stereocenters. The van der Waals surface area contributed by atoms with E-state index in [9.17, 15) is 0 Å². The van der Waals surface area contributed by atoms with Gasteiger partial charge in [0, 0.05) is 6.89 Å². The molecule has 3 aromatic carbocycles. The van der Waals surface area contributed by atoms with Gasteiger partial charge in [0.2, 0.25) is 0 Å². The van der Waals surface area contributed by atoms with E-state index in [1.165, 1.54) is 15.9 Å². The van der Waals surface area contributed by atoms with Crippen molar-refractivity contribution >= 4 is 28.3 Å². The Labute approximate surface area is 144 Å². The first-order valence-electron chi connectivity index (χ1n) is 8.16. The van der Waals surface area contributed by atoms with Crippen LogP contribution in [0.25, 0.3) is 0 Å². The van der Waals surface area contributed by atoms with E-state index in [1.54, 1.807) is 0 Å². The Balaban J connectivity index is 2.45. The molecule has 118 valence electrons. The lowest BCUT2D eigenvalue weighted by Gasteiger charge is -2.25. The molecule has 0 bridgehead atoms. The first kappa shape index (κ1) is 16.3. The predicted octanol–water partition coefficient (Wildman–Crippen LogP) is 4.51. The third-order valence-electron chi connectivity index (χ3n) is 3.99. The standard InChI is InChI=1S/C23H21P/c1-2-3-13-20-24(21-14-7-4-8-15-21,22-16-9-5-10-17-22)23-18-11-6-12-19-23/h2-19H,1H3. The van der Waals surface area contributed by atoms with Crippen LogP contribution in [0.1, 0.15) is 6.92 Å². The van der Waals surface area contributed by atoms with Gasteiger partial charge in [-0.05, 0) is 28.9 Å². The maximum atomic E-state index is 3.78. The molecule has 3 rings (SSSR count). The Bertz CT molecular complexity index is 781. The molecule has 24 heavy (non-hydrogen) atoms. The molecule has 0 spiro atoms. The predicted molar refractivity (Wildman–Crippen MR) is 110 cm³/mol. The highest BCUT2D eigenvalue weighted by Crippen LogP contribution is 2.42. The fourth-order valence-electron chi connectivity index (χ4n) is 2.88. The van der Waals surface area contributed by atoms with Crippen LogP contribution in [0.4, 0.5) is 0 Å². The molecule has 0 heterocycles. The molecule has 0 aliphatic carbocycles. The van der Waals surface area contributed by atoms with Crippen LogP contribution in [0.3, 0.4) is 0 Å².